The molecule has 1 saturated heterocycles. The van der Waals surface area contributed by atoms with Crippen LogP contribution in [0.4, 0.5) is 5.69 Å². The number of nitrogens with one attached hydrogen (secondary N) is 1. The van der Waals surface area contributed by atoms with Gasteiger partial charge >= 0.3 is 0 Å². The molecule has 0 amide bonds. The van der Waals surface area contributed by atoms with Gasteiger partial charge in [-0.1, -0.05) is 48.0 Å². The van der Waals surface area contributed by atoms with Gasteiger partial charge < -0.3 is 10.1 Å². The Morgan fingerprint density at radius 3 is 2.61 bits per heavy atom. The van der Waals surface area contributed by atoms with Crippen LogP contribution in [-0.4, -0.2) is 34.1 Å². The molecule has 0 aliphatic carbocycles. The van der Waals surface area contributed by atoms with Crippen molar-refractivity contribution in [3.8, 4) is 28.4 Å². The molecule has 7 heteroatoms. The summed E-state index contributed by atoms with van der Waals surface area (Å²) in [6.45, 7) is 9.81. The van der Waals surface area contributed by atoms with Crippen molar-refractivity contribution in [3.63, 3.8) is 0 Å². The van der Waals surface area contributed by atoms with Gasteiger partial charge in [0.15, 0.2) is 5.69 Å². The lowest BCUT2D eigenvalue weighted by atomic mass is 10.0. The first kappa shape index (κ1) is 19.6. The summed E-state index contributed by atoms with van der Waals surface area (Å²) in [6.07, 6.45) is 4.77. The largest absolute Gasteiger partial charge is 0.475 e. The van der Waals surface area contributed by atoms with E-state index in [2.05, 4.69) is 15.1 Å². The number of benzene rings is 2. The summed E-state index contributed by atoms with van der Waals surface area (Å²) in [7, 11) is 0. The van der Waals surface area contributed by atoms with Crippen LogP contribution < -0.4 is 10.1 Å². The molecule has 0 radical (unpaired) electrons. The molecule has 1 aliphatic rings. The Bertz CT molecular complexity index is 1250. The second kappa shape index (κ2) is 8.38. The average molecular weight is 430 g/mol. The second-order valence-electron chi connectivity index (χ2n) is 7.57. The van der Waals surface area contributed by atoms with Gasteiger partial charge in [-0.25, -0.2) is 14.8 Å². The predicted octanol–water partition coefficient (Wildman–Crippen LogP) is 5.26. The molecule has 0 spiro atoms. The van der Waals surface area contributed by atoms with E-state index in [0.717, 1.165) is 42.0 Å². The van der Waals surface area contributed by atoms with E-state index >= 15 is 0 Å². The van der Waals surface area contributed by atoms with Gasteiger partial charge in [0.05, 0.1) is 24.6 Å². The number of hydrogen-bond donors (Lipinski definition) is 1. The van der Waals surface area contributed by atoms with Gasteiger partial charge in [0.2, 0.25) is 5.65 Å². The van der Waals surface area contributed by atoms with Crippen molar-refractivity contribution < 1.29 is 4.74 Å². The average Bonchev–Trinajstić information content (AvgIpc) is 3.50. The van der Waals surface area contributed by atoms with Crippen LogP contribution in [0.25, 0.3) is 33.0 Å². The van der Waals surface area contributed by atoms with Gasteiger partial charge in [-0.05, 0) is 30.7 Å². The quantitative estimate of drug-likeness (QED) is 0.440. The van der Waals surface area contributed by atoms with Gasteiger partial charge in [0.1, 0.15) is 0 Å². The van der Waals surface area contributed by atoms with E-state index < -0.39 is 0 Å². The highest BCUT2D eigenvalue weighted by atomic mass is 35.5. The summed E-state index contributed by atoms with van der Waals surface area (Å²) in [6, 6.07) is 15.1. The first-order chi connectivity index (χ1) is 15.2. The number of fused-ring (bicyclic) bond motifs is 1. The first-order valence-electron chi connectivity index (χ1n) is 10.2. The zero-order valence-electron chi connectivity index (χ0n) is 16.8. The zero-order valence-corrected chi connectivity index (χ0v) is 17.5. The third-order valence-corrected chi connectivity index (χ3v) is 5.77. The lowest BCUT2D eigenvalue weighted by Gasteiger charge is -2.17. The normalized spacial score (nSPS) is 15.8. The molecule has 1 aliphatic heterocycles. The van der Waals surface area contributed by atoms with E-state index in [9.17, 15) is 0 Å². The molecule has 154 valence electrons. The Kier molecular flexibility index (Phi) is 5.29. The Morgan fingerprint density at radius 2 is 1.90 bits per heavy atom. The van der Waals surface area contributed by atoms with Gasteiger partial charge in [0, 0.05) is 35.4 Å². The van der Waals surface area contributed by atoms with Crippen molar-refractivity contribution in [2.24, 2.45) is 5.92 Å². The molecule has 1 N–H and O–H groups in total. The molecule has 0 bridgehead atoms. The fraction of sp³-hybridized carbons (Fsp3) is 0.208. The lowest BCUT2D eigenvalue weighted by molar-refractivity contribution is 0.253. The number of imidazole rings is 1. The van der Waals surface area contributed by atoms with Gasteiger partial charge in [-0.15, -0.1) is 0 Å². The highest BCUT2D eigenvalue weighted by Gasteiger charge is 2.21. The minimum Gasteiger partial charge on any atom is -0.475 e. The molecular weight excluding hydrogens is 410 g/mol. The number of halogens is 1. The number of ether oxygens (including phenoxy) is 1. The van der Waals surface area contributed by atoms with Crippen molar-refractivity contribution in [3.05, 3.63) is 77.4 Å². The van der Waals surface area contributed by atoms with Crippen molar-refractivity contribution in [1.29, 1.82) is 0 Å². The van der Waals surface area contributed by atoms with E-state index in [4.69, 9.17) is 27.9 Å². The van der Waals surface area contributed by atoms with E-state index in [-0.39, 0.29) is 0 Å². The van der Waals surface area contributed by atoms with E-state index in [0.29, 0.717) is 34.8 Å². The van der Waals surface area contributed by atoms with Crippen molar-refractivity contribution in [2.45, 2.75) is 6.42 Å². The standard InChI is InChI=1S/C24H20ClN5O/c1-26-20-8-4-17(5-9-20)21-22(18-2-6-19(25)7-3-18)30-13-12-28-23(30)24(29-21)31-15-16-10-11-27-14-16/h2-9,12-13,16,27H,10-11,14-15H2/t16-/m1/s1. The lowest BCUT2D eigenvalue weighted by Crippen LogP contribution is -2.16. The fourth-order valence-electron chi connectivity index (χ4n) is 3.89. The van der Waals surface area contributed by atoms with Crippen LogP contribution >= 0.6 is 11.6 Å². The SMILES string of the molecule is [C-]#[N+]c1ccc(-c2nc(OC[C@@H]3CCNC3)c3nccn3c2-c2ccc(Cl)cc2)cc1. The van der Waals surface area contributed by atoms with Gasteiger partial charge in [0.25, 0.3) is 5.88 Å². The number of rotatable bonds is 5. The minimum atomic E-state index is 0.467. The fourth-order valence-corrected chi connectivity index (χ4v) is 4.02. The predicted molar refractivity (Wildman–Crippen MR) is 122 cm³/mol. The molecule has 1 fully saturated rings. The molecule has 0 saturated carbocycles. The summed E-state index contributed by atoms with van der Waals surface area (Å²) >= 11 is 6.13. The Morgan fingerprint density at radius 1 is 1.13 bits per heavy atom. The van der Waals surface area contributed by atoms with Crippen LogP contribution in [0.3, 0.4) is 0 Å². The van der Waals surface area contributed by atoms with Crippen LogP contribution in [0, 0.1) is 12.5 Å². The molecule has 31 heavy (non-hydrogen) atoms. The van der Waals surface area contributed by atoms with Crippen molar-refractivity contribution >= 4 is 22.9 Å². The molecule has 3 heterocycles. The van der Waals surface area contributed by atoms with E-state index in [1.165, 1.54) is 0 Å². The molecule has 2 aromatic carbocycles. The maximum absolute atomic E-state index is 7.23. The number of hydrogen-bond acceptors (Lipinski definition) is 4. The first-order valence-corrected chi connectivity index (χ1v) is 10.5. The molecule has 1 atom stereocenters. The maximum atomic E-state index is 7.23. The summed E-state index contributed by atoms with van der Waals surface area (Å²) in [5.41, 5.74) is 4.80. The number of nitrogens with zero attached hydrogens (tertiary/aromatic N) is 4. The van der Waals surface area contributed by atoms with Gasteiger partial charge in [-0.3, -0.25) is 4.40 Å². The highest BCUT2D eigenvalue weighted by molar-refractivity contribution is 6.30. The molecule has 2 aromatic heterocycles. The topological polar surface area (TPSA) is 55.8 Å². The summed E-state index contributed by atoms with van der Waals surface area (Å²) in [4.78, 5) is 12.9. The van der Waals surface area contributed by atoms with Crippen LogP contribution in [0.15, 0.2) is 60.9 Å². The van der Waals surface area contributed by atoms with E-state index in [1.54, 1.807) is 18.3 Å². The highest BCUT2D eigenvalue weighted by Crippen LogP contribution is 2.35. The second-order valence-corrected chi connectivity index (χ2v) is 8.01. The van der Waals surface area contributed by atoms with Crippen LogP contribution in [0.2, 0.25) is 5.02 Å². The van der Waals surface area contributed by atoms with Crippen LogP contribution in [-0.2, 0) is 0 Å². The molecular formula is C24H20ClN5O. The minimum absolute atomic E-state index is 0.467. The monoisotopic (exact) mass is 429 g/mol. The van der Waals surface area contributed by atoms with Crippen LogP contribution in [0.1, 0.15) is 6.42 Å². The third-order valence-electron chi connectivity index (χ3n) is 5.52. The Balaban J connectivity index is 1.67. The van der Waals surface area contributed by atoms with Crippen molar-refractivity contribution in [2.75, 3.05) is 19.7 Å². The Hall–Kier alpha value is -3.40. The van der Waals surface area contributed by atoms with E-state index in [1.807, 2.05) is 47.0 Å². The summed E-state index contributed by atoms with van der Waals surface area (Å²) in [5, 5.41) is 4.04. The van der Waals surface area contributed by atoms with Gasteiger partial charge in [-0.2, -0.15) is 0 Å². The smallest absolute Gasteiger partial charge is 0.259 e. The summed E-state index contributed by atoms with van der Waals surface area (Å²) < 4.78 is 8.19. The molecule has 6 nitrogen and oxygen atoms in total. The molecule has 0 unspecified atom stereocenters. The molecule has 4 aromatic rings. The molecule has 5 rings (SSSR count). The van der Waals surface area contributed by atoms with Crippen LogP contribution in [0.5, 0.6) is 5.88 Å². The maximum Gasteiger partial charge on any atom is 0.259 e. The Labute approximate surface area is 185 Å². The third kappa shape index (κ3) is 3.86. The number of aromatic nitrogens is 3. The van der Waals surface area contributed by atoms with Crippen molar-refractivity contribution in [1.82, 2.24) is 19.7 Å². The zero-order chi connectivity index (χ0) is 21.2. The summed E-state index contributed by atoms with van der Waals surface area (Å²) in [5.74, 6) is 0.980.